The minimum absolute atomic E-state index is 0.513. The van der Waals surface area contributed by atoms with Gasteiger partial charge in [0.25, 0.3) is 0 Å². The molecule has 2 N–H and O–H groups in total. The second-order valence-electron chi connectivity index (χ2n) is 4.55. The van der Waals surface area contributed by atoms with Crippen LogP contribution >= 0.6 is 15.9 Å². The van der Waals surface area contributed by atoms with Crippen molar-refractivity contribution in [1.82, 2.24) is 14.5 Å². The number of aryl methyl sites for hydroxylation is 1. The Morgan fingerprint density at radius 1 is 1.15 bits per heavy atom. The Kier molecular flexibility index (Phi) is 3.28. The van der Waals surface area contributed by atoms with E-state index in [-0.39, 0.29) is 0 Å². The van der Waals surface area contributed by atoms with Crippen molar-refractivity contribution in [2.75, 3.05) is 5.73 Å². The highest BCUT2D eigenvalue weighted by Crippen LogP contribution is 2.25. The van der Waals surface area contributed by atoms with Crippen LogP contribution in [-0.4, -0.2) is 14.5 Å². The summed E-state index contributed by atoms with van der Waals surface area (Å²) < 4.78 is 3.13. The quantitative estimate of drug-likeness (QED) is 0.782. The van der Waals surface area contributed by atoms with Crippen LogP contribution in [0.5, 0.6) is 0 Å². The van der Waals surface area contributed by atoms with Crippen LogP contribution in [-0.2, 0) is 0 Å². The van der Waals surface area contributed by atoms with Crippen LogP contribution in [0.25, 0.3) is 16.9 Å². The maximum Gasteiger partial charge on any atom is 0.123 e. The van der Waals surface area contributed by atoms with E-state index in [2.05, 4.69) is 38.9 Å². The van der Waals surface area contributed by atoms with Gasteiger partial charge >= 0.3 is 0 Å². The van der Waals surface area contributed by atoms with Gasteiger partial charge in [-0.1, -0.05) is 15.9 Å². The number of hydrogen-bond donors (Lipinski definition) is 1. The third-order valence-electron chi connectivity index (χ3n) is 3.14. The summed E-state index contributed by atoms with van der Waals surface area (Å²) in [7, 11) is 0. The first-order valence-electron chi connectivity index (χ1n) is 6.16. The molecule has 2 heterocycles. The van der Waals surface area contributed by atoms with Crippen molar-refractivity contribution in [3.05, 3.63) is 59.1 Å². The largest absolute Gasteiger partial charge is 0.384 e. The van der Waals surface area contributed by atoms with Gasteiger partial charge in [0.15, 0.2) is 0 Å². The van der Waals surface area contributed by atoms with Crippen LogP contribution < -0.4 is 5.73 Å². The highest BCUT2D eigenvalue weighted by Gasteiger charge is 2.08. The molecule has 2 aromatic heterocycles. The SMILES string of the molecule is Cc1cc(-n2cncc2-c2ccc(N)nc2)ccc1Br. The zero-order valence-corrected chi connectivity index (χ0v) is 12.5. The highest BCUT2D eigenvalue weighted by molar-refractivity contribution is 9.10. The first-order chi connectivity index (χ1) is 9.65. The summed E-state index contributed by atoms with van der Waals surface area (Å²) in [5.74, 6) is 0.513. The lowest BCUT2D eigenvalue weighted by atomic mass is 10.2. The molecule has 0 aliphatic heterocycles. The first kappa shape index (κ1) is 12.9. The number of hydrogen-bond acceptors (Lipinski definition) is 3. The summed E-state index contributed by atoms with van der Waals surface area (Å²) in [6, 6.07) is 9.93. The number of nitrogens with two attached hydrogens (primary N) is 1. The van der Waals surface area contributed by atoms with E-state index in [1.54, 1.807) is 18.6 Å². The van der Waals surface area contributed by atoms with E-state index >= 15 is 0 Å². The molecule has 0 aliphatic carbocycles. The number of anilines is 1. The minimum atomic E-state index is 0.513. The van der Waals surface area contributed by atoms with E-state index in [1.807, 2.05) is 29.0 Å². The van der Waals surface area contributed by atoms with Crippen molar-refractivity contribution in [3.8, 4) is 16.9 Å². The van der Waals surface area contributed by atoms with Crippen molar-refractivity contribution in [1.29, 1.82) is 0 Å². The molecule has 100 valence electrons. The van der Waals surface area contributed by atoms with Crippen molar-refractivity contribution in [2.24, 2.45) is 0 Å². The minimum Gasteiger partial charge on any atom is -0.384 e. The standard InChI is InChI=1S/C15H13BrN4/c1-10-6-12(3-4-13(10)16)20-9-18-8-14(20)11-2-5-15(17)19-7-11/h2-9H,1H3,(H2,17,19). The van der Waals surface area contributed by atoms with Crippen molar-refractivity contribution >= 4 is 21.7 Å². The van der Waals surface area contributed by atoms with Crippen molar-refractivity contribution in [3.63, 3.8) is 0 Å². The second-order valence-corrected chi connectivity index (χ2v) is 5.41. The zero-order valence-electron chi connectivity index (χ0n) is 10.9. The molecule has 4 nitrogen and oxygen atoms in total. The van der Waals surface area contributed by atoms with E-state index in [0.717, 1.165) is 21.4 Å². The number of nitrogen functional groups attached to an aromatic ring is 1. The Morgan fingerprint density at radius 2 is 2.00 bits per heavy atom. The Hall–Kier alpha value is -2.14. The lowest BCUT2D eigenvalue weighted by Crippen LogP contribution is -1.97. The molecule has 3 aromatic rings. The molecule has 0 saturated carbocycles. The molecular formula is C15H13BrN4. The topological polar surface area (TPSA) is 56.7 Å². The molecule has 3 rings (SSSR count). The molecule has 0 bridgehead atoms. The number of imidazole rings is 1. The first-order valence-corrected chi connectivity index (χ1v) is 6.95. The summed E-state index contributed by atoms with van der Waals surface area (Å²) in [5, 5.41) is 0. The van der Waals surface area contributed by atoms with Gasteiger partial charge in [0, 0.05) is 21.9 Å². The van der Waals surface area contributed by atoms with Crippen LogP contribution in [0.2, 0.25) is 0 Å². The fourth-order valence-corrected chi connectivity index (χ4v) is 2.30. The van der Waals surface area contributed by atoms with Crippen LogP contribution in [0.4, 0.5) is 5.82 Å². The predicted molar refractivity (Wildman–Crippen MR) is 83.6 cm³/mol. The lowest BCUT2D eigenvalue weighted by molar-refractivity contribution is 1.06. The fraction of sp³-hybridized carbons (Fsp3) is 0.0667. The van der Waals surface area contributed by atoms with Gasteiger partial charge < -0.3 is 5.73 Å². The molecule has 0 fully saturated rings. The number of aromatic nitrogens is 3. The summed E-state index contributed by atoms with van der Waals surface area (Å²) >= 11 is 3.52. The van der Waals surface area contributed by atoms with E-state index < -0.39 is 0 Å². The molecule has 5 heteroatoms. The molecular weight excluding hydrogens is 316 g/mol. The van der Waals surface area contributed by atoms with Gasteiger partial charge in [-0.2, -0.15) is 0 Å². The van der Waals surface area contributed by atoms with Gasteiger partial charge in [0.1, 0.15) is 5.82 Å². The van der Waals surface area contributed by atoms with E-state index in [4.69, 9.17) is 5.73 Å². The number of rotatable bonds is 2. The van der Waals surface area contributed by atoms with Gasteiger partial charge in [0.05, 0.1) is 18.2 Å². The van der Waals surface area contributed by atoms with Crippen LogP contribution in [0.15, 0.2) is 53.5 Å². The summed E-state index contributed by atoms with van der Waals surface area (Å²) in [4.78, 5) is 8.37. The third-order valence-corrected chi connectivity index (χ3v) is 4.03. The fourth-order valence-electron chi connectivity index (χ4n) is 2.05. The maximum absolute atomic E-state index is 5.63. The molecule has 20 heavy (non-hydrogen) atoms. The molecule has 0 atom stereocenters. The number of nitrogens with zero attached hydrogens (tertiary/aromatic N) is 3. The summed E-state index contributed by atoms with van der Waals surface area (Å²) in [6.45, 7) is 2.06. The highest BCUT2D eigenvalue weighted by atomic mass is 79.9. The predicted octanol–water partition coefficient (Wildman–Crippen LogP) is 3.59. The van der Waals surface area contributed by atoms with Gasteiger partial charge in [-0.3, -0.25) is 4.57 Å². The molecule has 0 radical (unpaired) electrons. The smallest absolute Gasteiger partial charge is 0.123 e. The maximum atomic E-state index is 5.63. The van der Waals surface area contributed by atoms with Gasteiger partial charge in [0.2, 0.25) is 0 Å². The number of halogens is 1. The average molecular weight is 329 g/mol. The Bertz CT molecular complexity index is 747. The molecule has 0 unspecified atom stereocenters. The van der Waals surface area contributed by atoms with Crippen LogP contribution in [0, 0.1) is 6.92 Å². The Labute approximate surface area is 125 Å². The van der Waals surface area contributed by atoms with Gasteiger partial charge in [-0.15, -0.1) is 0 Å². The molecule has 0 amide bonds. The zero-order chi connectivity index (χ0) is 14.1. The van der Waals surface area contributed by atoms with E-state index in [9.17, 15) is 0 Å². The van der Waals surface area contributed by atoms with Crippen molar-refractivity contribution in [2.45, 2.75) is 6.92 Å². The van der Waals surface area contributed by atoms with Crippen molar-refractivity contribution < 1.29 is 0 Å². The second kappa shape index (κ2) is 5.09. The molecule has 1 aromatic carbocycles. The van der Waals surface area contributed by atoms with Gasteiger partial charge in [-0.05, 0) is 42.8 Å². The van der Waals surface area contributed by atoms with E-state index in [0.29, 0.717) is 5.82 Å². The van der Waals surface area contributed by atoms with Crippen LogP contribution in [0.1, 0.15) is 5.56 Å². The normalized spacial score (nSPS) is 10.7. The number of benzene rings is 1. The average Bonchev–Trinajstić information content (AvgIpc) is 2.92. The van der Waals surface area contributed by atoms with Crippen LogP contribution in [0.3, 0.4) is 0 Å². The van der Waals surface area contributed by atoms with Gasteiger partial charge in [-0.25, -0.2) is 9.97 Å². The monoisotopic (exact) mass is 328 g/mol. The summed E-state index contributed by atoms with van der Waals surface area (Å²) in [5.41, 5.74) is 9.84. The summed E-state index contributed by atoms with van der Waals surface area (Å²) in [6.07, 6.45) is 5.38. The molecule has 0 saturated heterocycles. The van der Waals surface area contributed by atoms with E-state index in [1.165, 1.54) is 5.56 Å². The third kappa shape index (κ3) is 2.32. The molecule has 0 spiro atoms. The molecule has 0 aliphatic rings. The Morgan fingerprint density at radius 3 is 2.70 bits per heavy atom. The Balaban J connectivity index is 2.10. The lowest BCUT2D eigenvalue weighted by Gasteiger charge is -2.10. The number of pyridine rings is 1.